The Morgan fingerprint density at radius 2 is 1.93 bits per heavy atom. The predicted molar refractivity (Wildman–Crippen MR) is 115 cm³/mol. The highest BCUT2D eigenvalue weighted by Crippen LogP contribution is 2.24. The zero-order valence-electron chi connectivity index (χ0n) is 16.4. The first-order valence-electron chi connectivity index (χ1n) is 9.83. The molecule has 1 aromatic carbocycles. The van der Waals surface area contributed by atoms with E-state index < -0.39 is 0 Å². The van der Waals surface area contributed by atoms with Gasteiger partial charge in [-0.1, -0.05) is 30.3 Å². The predicted octanol–water partition coefficient (Wildman–Crippen LogP) is 2.06. The maximum Gasteiger partial charge on any atom is 0.267 e. The van der Waals surface area contributed by atoms with Crippen molar-refractivity contribution in [1.29, 1.82) is 0 Å². The van der Waals surface area contributed by atoms with Gasteiger partial charge in [0.05, 0.1) is 5.69 Å². The summed E-state index contributed by atoms with van der Waals surface area (Å²) in [6.45, 7) is 1.40. The minimum Gasteiger partial charge on any atom is -0.354 e. The van der Waals surface area contributed by atoms with Gasteiger partial charge in [0.25, 0.3) is 5.56 Å². The molecule has 0 atom stereocenters. The Balaban J connectivity index is 1.29. The van der Waals surface area contributed by atoms with E-state index in [9.17, 15) is 14.4 Å². The third-order valence-corrected chi connectivity index (χ3v) is 6.07. The average molecular weight is 423 g/mol. The summed E-state index contributed by atoms with van der Waals surface area (Å²) >= 11 is 1.73. The molecule has 7 nitrogen and oxygen atoms in total. The van der Waals surface area contributed by atoms with Crippen LogP contribution in [0.5, 0.6) is 0 Å². The molecule has 1 aliphatic rings. The second-order valence-corrected chi connectivity index (χ2v) is 8.12. The monoisotopic (exact) mass is 422 g/mol. The van der Waals surface area contributed by atoms with Crippen LogP contribution >= 0.6 is 11.3 Å². The molecule has 0 saturated carbocycles. The van der Waals surface area contributed by atoms with Crippen molar-refractivity contribution in [2.24, 2.45) is 0 Å². The summed E-state index contributed by atoms with van der Waals surface area (Å²) in [6, 6.07) is 14.6. The molecule has 30 heavy (non-hydrogen) atoms. The third kappa shape index (κ3) is 4.65. The first-order valence-corrected chi connectivity index (χ1v) is 10.7. The molecule has 2 aromatic heterocycles. The van der Waals surface area contributed by atoms with Crippen molar-refractivity contribution in [2.45, 2.75) is 25.9 Å². The van der Waals surface area contributed by atoms with Crippen molar-refractivity contribution in [3.63, 3.8) is 0 Å². The molecule has 0 saturated heterocycles. The molecule has 0 radical (unpaired) electrons. The van der Waals surface area contributed by atoms with E-state index in [4.69, 9.17) is 0 Å². The number of nitrogens with one attached hydrogen (secondary N) is 1. The van der Waals surface area contributed by atoms with Crippen LogP contribution < -0.4 is 10.9 Å². The van der Waals surface area contributed by atoms with E-state index in [1.807, 2.05) is 35.2 Å². The van der Waals surface area contributed by atoms with Gasteiger partial charge in [-0.3, -0.25) is 14.4 Å². The second-order valence-electron chi connectivity index (χ2n) is 7.11. The lowest BCUT2D eigenvalue weighted by Crippen LogP contribution is -2.38. The maximum absolute atomic E-state index is 12.4. The van der Waals surface area contributed by atoms with E-state index >= 15 is 0 Å². The molecule has 8 heteroatoms. The number of hydrogen-bond acceptors (Lipinski definition) is 5. The number of amides is 2. The van der Waals surface area contributed by atoms with Gasteiger partial charge in [-0.15, -0.1) is 11.3 Å². The molecule has 3 heterocycles. The Morgan fingerprint density at radius 3 is 2.77 bits per heavy atom. The normalized spacial score (nSPS) is 13.0. The lowest BCUT2D eigenvalue weighted by atomic mass is 10.1. The molecule has 4 rings (SSSR count). The number of rotatable bonds is 6. The minimum atomic E-state index is -0.346. The topological polar surface area (TPSA) is 84.3 Å². The molecule has 0 bridgehead atoms. The Bertz CT molecular complexity index is 1110. The van der Waals surface area contributed by atoms with Gasteiger partial charge in [0, 0.05) is 42.6 Å². The lowest BCUT2D eigenvalue weighted by molar-refractivity contribution is -0.132. The van der Waals surface area contributed by atoms with Crippen LogP contribution in [0, 0.1) is 0 Å². The Kier molecular flexibility index (Phi) is 6.04. The van der Waals surface area contributed by atoms with E-state index in [0.29, 0.717) is 18.8 Å². The Morgan fingerprint density at radius 1 is 1.10 bits per heavy atom. The standard InChI is InChI=1S/C22H22N4O3S/c27-20(15-26-22(29)7-6-18(24-26)16-4-2-1-3-5-16)23-11-8-21(28)25-12-9-19-17(14-25)10-13-30-19/h1-7,10,13H,8-9,11-12,14-15H2,(H,23,27). The number of hydrogen-bond donors (Lipinski definition) is 1. The van der Waals surface area contributed by atoms with Gasteiger partial charge in [0.1, 0.15) is 6.54 Å². The highest BCUT2D eigenvalue weighted by Gasteiger charge is 2.21. The Hall–Kier alpha value is -3.26. The SMILES string of the molecule is O=C(Cn1nc(-c2ccccc2)ccc1=O)NCCC(=O)N1CCc2sccc2C1. The summed E-state index contributed by atoms with van der Waals surface area (Å²) in [5.41, 5.74) is 2.36. The van der Waals surface area contributed by atoms with Crippen LogP contribution in [0.4, 0.5) is 0 Å². The van der Waals surface area contributed by atoms with E-state index in [1.54, 1.807) is 17.4 Å². The zero-order chi connectivity index (χ0) is 20.9. The summed E-state index contributed by atoms with van der Waals surface area (Å²) in [7, 11) is 0. The third-order valence-electron chi connectivity index (χ3n) is 5.05. The van der Waals surface area contributed by atoms with Crippen LogP contribution in [0.15, 0.2) is 58.7 Å². The highest BCUT2D eigenvalue weighted by atomic mass is 32.1. The molecule has 1 N–H and O–H groups in total. The van der Waals surface area contributed by atoms with Gasteiger partial charge in [0.2, 0.25) is 11.8 Å². The molecule has 0 aliphatic carbocycles. The van der Waals surface area contributed by atoms with Gasteiger partial charge in [0.15, 0.2) is 0 Å². The van der Waals surface area contributed by atoms with Crippen molar-refractivity contribution in [3.8, 4) is 11.3 Å². The van der Waals surface area contributed by atoms with Gasteiger partial charge in [-0.05, 0) is 29.5 Å². The Labute approximate surface area is 178 Å². The van der Waals surface area contributed by atoms with Crippen LogP contribution in [0.1, 0.15) is 16.9 Å². The summed E-state index contributed by atoms with van der Waals surface area (Å²) in [6.07, 6.45) is 1.12. The fourth-order valence-electron chi connectivity index (χ4n) is 3.45. The van der Waals surface area contributed by atoms with Gasteiger partial charge >= 0.3 is 0 Å². The van der Waals surface area contributed by atoms with Crippen LogP contribution in [0.3, 0.4) is 0 Å². The van der Waals surface area contributed by atoms with E-state index in [0.717, 1.165) is 16.7 Å². The van der Waals surface area contributed by atoms with E-state index in [2.05, 4.69) is 21.9 Å². The van der Waals surface area contributed by atoms with Crippen molar-refractivity contribution in [1.82, 2.24) is 20.0 Å². The molecule has 154 valence electrons. The quantitative estimate of drug-likeness (QED) is 0.659. The molecular formula is C22H22N4O3S. The van der Waals surface area contributed by atoms with Gasteiger partial charge in [-0.2, -0.15) is 5.10 Å². The van der Waals surface area contributed by atoms with Crippen molar-refractivity contribution in [2.75, 3.05) is 13.1 Å². The van der Waals surface area contributed by atoms with E-state index in [1.165, 1.54) is 16.5 Å². The summed E-state index contributed by atoms with van der Waals surface area (Å²) in [4.78, 5) is 39.9. The number of nitrogens with zero attached hydrogens (tertiary/aromatic N) is 3. The van der Waals surface area contributed by atoms with Crippen molar-refractivity contribution >= 4 is 23.2 Å². The number of benzene rings is 1. The largest absolute Gasteiger partial charge is 0.354 e. The van der Waals surface area contributed by atoms with Crippen LogP contribution in [-0.4, -0.2) is 39.6 Å². The maximum atomic E-state index is 12.4. The number of carbonyl (C=O) groups is 2. The molecule has 0 unspecified atom stereocenters. The molecule has 0 spiro atoms. The summed E-state index contributed by atoms with van der Waals surface area (Å²) in [5, 5.41) is 9.06. The fraction of sp³-hybridized carbons (Fsp3) is 0.273. The van der Waals surface area contributed by atoms with E-state index in [-0.39, 0.29) is 36.9 Å². The van der Waals surface area contributed by atoms with Crippen LogP contribution in [0.25, 0.3) is 11.3 Å². The van der Waals surface area contributed by atoms with Crippen molar-refractivity contribution in [3.05, 3.63) is 74.7 Å². The fourth-order valence-corrected chi connectivity index (χ4v) is 4.33. The summed E-state index contributed by atoms with van der Waals surface area (Å²) < 4.78 is 1.14. The van der Waals surface area contributed by atoms with Crippen molar-refractivity contribution < 1.29 is 9.59 Å². The molecule has 0 fully saturated rings. The number of thiophene rings is 1. The average Bonchev–Trinajstić information content (AvgIpc) is 3.24. The molecule has 2 amide bonds. The van der Waals surface area contributed by atoms with Gasteiger partial charge < -0.3 is 10.2 Å². The molecule has 1 aliphatic heterocycles. The number of carbonyl (C=O) groups excluding carboxylic acids is 2. The minimum absolute atomic E-state index is 0.0218. The smallest absolute Gasteiger partial charge is 0.267 e. The van der Waals surface area contributed by atoms with Crippen LogP contribution in [0.2, 0.25) is 0 Å². The second kappa shape index (κ2) is 9.04. The zero-order valence-corrected chi connectivity index (χ0v) is 17.2. The van der Waals surface area contributed by atoms with Crippen LogP contribution in [-0.2, 0) is 29.1 Å². The molecule has 3 aromatic rings. The van der Waals surface area contributed by atoms with Gasteiger partial charge in [-0.25, -0.2) is 4.68 Å². The first-order chi connectivity index (χ1) is 14.6. The lowest BCUT2D eigenvalue weighted by Gasteiger charge is -2.27. The highest BCUT2D eigenvalue weighted by molar-refractivity contribution is 7.10. The molecular weight excluding hydrogens is 400 g/mol. The number of aromatic nitrogens is 2. The number of fused-ring (bicyclic) bond motifs is 1. The first kappa shape index (κ1) is 20.0. The summed E-state index contributed by atoms with van der Waals surface area (Å²) in [5.74, 6) is -0.324.